The summed E-state index contributed by atoms with van der Waals surface area (Å²) in [4.78, 5) is 71.6. The minimum Gasteiger partial charge on any atom is -0.480 e. The lowest BCUT2D eigenvalue weighted by Crippen LogP contribution is -2.71. The Morgan fingerprint density at radius 1 is 1.24 bits per heavy atom. The van der Waals surface area contributed by atoms with Gasteiger partial charge in [-0.15, -0.1) is 16.9 Å². The number of nitrogens with two attached hydrogens (primary N) is 1. The van der Waals surface area contributed by atoms with E-state index >= 15 is 0 Å². The number of amides is 3. The minimum absolute atomic E-state index is 0.00583. The molecule has 0 saturated carbocycles. The van der Waals surface area contributed by atoms with Crippen LogP contribution >= 0.6 is 35.1 Å². The molecule has 0 bridgehead atoms. The fourth-order valence-electron chi connectivity index (χ4n) is 3.82. The zero-order valence-electron chi connectivity index (χ0n) is 23.8. The summed E-state index contributed by atoms with van der Waals surface area (Å²) in [6.07, 6.45) is -0.671. The number of β-lactam (4-membered cyclic amide) rings is 1. The van der Waals surface area contributed by atoms with Crippen LogP contribution in [0, 0.1) is 0 Å². The molecular weight excluding hydrogens is 659 g/mol. The van der Waals surface area contributed by atoms with Crippen LogP contribution in [0.5, 0.6) is 0 Å². The number of alkyl carbamates (subject to hydrolysis) is 1. The predicted octanol–water partition coefficient (Wildman–Crippen LogP) is -1.03. The maximum atomic E-state index is 13.2. The first-order valence-electron chi connectivity index (χ1n) is 12.8. The van der Waals surface area contributed by atoms with E-state index in [1.165, 1.54) is 11.8 Å². The van der Waals surface area contributed by atoms with E-state index in [4.69, 9.17) is 20.4 Å². The van der Waals surface area contributed by atoms with Gasteiger partial charge >= 0.3 is 18.0 Å². The average molecular weight is 686 g/mol. The van der Waals surface area contributed by atoms with Crippen molar-refractivity contribution in [3.8, 4) is 0 Å². The summed E-state index contributed by atoms with van der Waals surface area (Å²) in [6.45, 7) is 4.48. The molecule has 0 radical (unpaired) electrons. The lowest BCUT2D eigenvalue weighted by atomic mass is 10.0. The van der Waals surface area contributed by atoms with Crippen molar-refractivity contribution in [2.24, 2.45) is 5.16 Å². The summed E-state index contributed by atoms with van der Waals surface area (Å²) in [5.74, 6) is -3.97. The number of carboxylic acid groups (broad SMARTS) is 2. The van der Waals surface area contributed by atoms with Crippen LogP contribution in [0.1, 0.15) is 26.6 Å². The molecule has 2 atom stereocenters. The number of carbonyl (C=O) groups excluding carboxylic acids is 3. The van der Waals surface area contributed by atoms with Crippen LogP contribution in [0.25, 0.3) is 0 Å². The van der Waals surface area contributed by atoms with Gasteiger partial charge in [0, 0.05) is 23.0 Å². The Bertz CT molecular complexity index is 1550. The number of nitrogen functional groups attached to an aromatic ring is 1. The number of tetrazole rings is 1. The molecule has 4 heterocycles. The number of thioether (sulfide) groups is 2. The molecular formula is C22H27N11O9S3. The molecule has 20 nitrogen and oxygen atoms in total. The minimum atomic E-state index is -1.35. The molecule has 1 saturated heterocycles. The number of rotatable bonds is 13. The van der Waals surface area contributed by atoms with Crippen molar-refractivity contribution in [1.29, 1.82) is 0 Å². The first-order chi connectivity index (χ1) is 21.2. The predicted molar refractivity (Wildman–Crippen MR) is 157 cm³/mol. The molecule has 1 fully saturated rings. The van der Waals surface area contributed by atoms with E-state index < -0.39 is 59.1 Å². The summed E-state index contributed by atoms with van der Waals surface area (Å²) < 4.78 is 10.1. The third-order valence-corrected chi connectivity index (χ3v) is 8.51. The van der Waals surface area contributed by atoms with Gasteiger partial charge in [-0.1, -0.05) is 16.9 Å². The van der Waals surface area contributed by atoms with Crippen molar-refractivity contribution in [1.82, 2.24) is 45.1 Å². The van der Waals surface area contributed by atoms with Crippen LogP contribution in [-0.2, 0) is 35.3 Å². The van der Waals surface area contributed by atoms with E-state index in [1.54, 1.807) is 20.8 Å². The fourth-order valence-corrected chi connectivity index (χ4v) is 6.62. The van der Waals surface area contributed by atoms with Crippen LogP contribution in [0.4, 0.5) is 9.93 Å². The Morgan fingerprint density at radius 3 is 2.64 bits per heavy atom. The van der Waals surface area contributed by atoms with E-state index in [2.05, 4.69) is 40.7 Å². The Hall–Kier alpha value is -4.51. The molecule has 6 N–H and O–H groups in total. The molecule has 0 spiro atoms. The molecule has 0 aromatic carbocycles. The molecule has 4 rings (SSSR count). The average Bonchev–Trinajstić information content (AvgIpc) is 3.58. The molecule has 2 aliphatic rings. The number of carbonyl (C=O) groups is 5. The van der Waals surface area contributed by atoms with E-state index in [0.717, 1.165) is 32.9 Å². The van der Waals surface area contributed by atoms with E-state index in [1.807, 2.05) is 0 Å². The van der Waals surface area contributed by atoms with Gasteiger partial charge < -0.3 is 36.2 Å². The van der Waals surface area contributed by atoms with Crippen LogP contribution in [0.3, 0.4) is 0 Å². The summed E-state index contributed by atoms with van der Waals surface area (Å²) in [5.41, 5.74) is 4.71. The smallest absolute Gasteiger partial charge is 0.407 e. The van der Waals surface area contributed by atoms with Crippen LogP contribution in [-0.4, -0.2) is 122 Å². The highest BCUT2D eigenvalue weighted by Crippen LogP contribution is 2.41. The molecule has 1 unspecified atom stereocenters. The fraction of sp³-hybridized carbons (Fsp3) is 0.500. The van der Waals surface area contributed by atoms with E-state index in [0.29, 0.717) is 5.57 Å². The topological polar surface area (TPSA) is 279 Å². The molecule has 2 aliphatic heterocycles. The van der Waals surface area contributed by atoms with Crippen LogP contribution in [0.2, 0.25) is 0 Å². The molecule has 242 valence electrons. The molecule has 2 aromatic rings. The number of aromatic nitrogens is 6. The standard InChI is InChI=1S/C22H27N11O9S3/c1-22(2,3)42-21(40)24-4-5-41-28-11(14-26-19(23)45-29-14)15(36)25-12-16(37)33-13(18(38)39)9(7-43-17(12)33)8-44-20-27-30-31-32(20)6-10(34)35/h12,17H,4-8H2,1-3H3,(H,24,40)(H,25,36)(H,34,35)(H,38,39)(H2,23,26,29)/b28-11-/t12?,17-/m1/s1. The highest BCUT2D eigenvalue weighted by Gasteiger charge is 2.54. The molecule has 45 heavy (non-hydrogen) atoms. The second kappa shape index (κ2) is 14.1. The number of hydrogen-bond donors (Lipinski definition) is 5. The number of ether oxygens (including phenoxy) is 1. The van der Waals surface area contributed by atoms with E-state index in [9.17, 15) is 29.1 Å². The Balaban J connectivity index is 1.41. The monoisotopic (exact) mass is 685 g/mol. The second-order valence-corrected chi connectivity index (χ2v) is 12.9. The summed E-state index contributed by atoms with van der Waals surface area (Å²) in [6, 6.07) is -1.11. The normalized spacial score (nSPS) is 18.2. The zero-order chi connectivity index (χ0) is 32.9. The van der Waals surface area contributed by atoms with Gasteiger partial charge in [0.2, 0.25) is 16.7 Å². The molecule has 3 amide bonds. The van der Waals surface area contributed by atoms with Crippen molar-refractivity contribution in [3.63, 3.8) is 0 Å². The SMILES string of the molecule is CC(C)(C)OC(=O)NCCO/N=C(\C(=O)NC1C(=O)N2C(C(=O)O)=C(CSc3nnnn3CC(=O)O)CS[C@H]12)c1nsc(N)n1. The molecule has 23 heteroatoms. The Kier molecular flexibility index (Phi) is 10.4. The lowest BCUT2D eigenvalue weighted by Gasteiger charge is -2.49. The lowest BCUT2D eigenvalue weighted by molar-refractivity contribution is -0.150. The summed E-state index contributed by atoms with van der Waals surface area (Å²) >= 11 is 3.04. The molecule has 0 aliphatic carbocycles. The van der Waals surface area contributed by atoms with Gasteiger partial charge in [-0.25, -0.2) is 14.3 Å². The summed E-state index contributed by atoms with van der Waals surface area (Å²) in [7, 11) is 0. The number of aliphatic carboxylic acids is 2. The zero-order valence-corrected chi connectivity index (χ0v) is 26.3. The summed E-state index contributed by atoms with van der Waals surface area (Å²) in [5, 5.41) is 38.0. The van der Waals surface area contributed by atoms with Crippen molar-refractivity contribution >= 4 is 75.7 Å². The number of hydrogen-bond acceptors (Lipinski definition) is 17. The van der Waals surface area contributed by atoms with Gasteiger partial charge in [0.15, 0.2) is 5.13 Å². The van der Waals surface area contributed by atoms with Crippen LogP contribution in [0.15, 0.2) is 21.6 Å². The number of oxime groups is 1. The van der Waals surface area contributed by atoms with Gasteiger partial charge in [0.05, 0.1) is 6.54 Å². The van der Waals surface area contributed by atoms with Gasteiger partial charge in [-0.2, -0.15) is 9.36 Å². The van der Waals surface area contributed by atoms with Crippen molar-refractivity contribution in [2.75, 3.05) is 30.4 Å². The quantitative estimate of drug-likeness (QED) is 0.0554. The highest BCUT2D eigenvalue weighted by atomic mass is 32.2. The van der Waals surface area contributed by atoms with Crippen LogP contribution < -0.4 is 16.4 Å². The second-order valence-electron chi connectivity index (χ2n) is 10.1. The Morgan fingerprint density at radius 2 is 2.00 bits per heavy atom. The van der Waals surface area contributed by atoms with Crippen molar-refractivity contribution < 1.29 is 43.8 Å². The number of carboxylic acids is 2. The number of anilines is 1. The first kappa shape index (κ1) is 33.4. The van der Waals surface area contributed by atoms with Gasteiger partial charge in [-0.05, 0) is 36.8 Å². The highest BCUT2D eigenvalue weighted by molar-refractivity contribution is 8.01. The van der Waals surface area contributed by atoms with Gasteiger partial charge in [0.25, 0.3) is 11.8 Å². The van der Waals surface area contributed by atoms with E-state index in [-0.39, 0.29) is 46.5 Å². The van der Waals surface area contributed by atoms with Crippen molar-refractivity contribution in [2.45, 2.75) is 49.5 Å². The Labute approximate surface area is 266 Å². The van der Waals surface area contributed by atoms with Crippen molar-refractivity contribution in [3.05, 3.63) is 17.1 Å². The van der Waals surface area contributed by atoms with Gasteiger partial charge in [-0.3, -0.25) is 19.3 Å². The van der Waals surface area contributed by atoms with Gasteiger partial charge in [0.1, 0.15) is 35.9 Å². The number of fused-ring (bicyclic) bond motifs is 1. The maximum absolute atomic E-state index is 13.2. The molecule has 2 aromatic heterocycles. The maximum Gasteiger partial charge on any atom is 0.407 e. The third-order valence-electron chi connectivity index (χ3n) is 5.58. The largest absolute Gasteiger partial charge is 0.480 e. The third kappa shape index (κ3) is 8.36. The first-order valence-corrected chi connectivity index (χ1v) is 15.6. The number of nitrogens with zero attached hydrogens (tertiary/aromatic N) is 8. The number of nitrogens with one attached hydrogen (secondary N) is 2.